The van der Waals surface area contributed by atoms with Crippen molar-refractivity contribution in [3.63, 3.8) is 0 Å². The van der Waals surface area contributed by atoms with E-state index in [1.165, 1.54) is 12.8 Å². The maximum absolute atomic E-state index is 11.8. The largest absolute Gasteiger partial charge is 0.379 e. The van der Waals surface area contributed by atoms with Crippen molar-refractivity contribution in [3.05, 3.63) is 0 Å². The average molecular weight is 284 g/mol. The fraction of sp³-hybridized carbons (Fsp3) is 0.938. The molecule has 0 radical (unpaired) electrons. The summed E-state index contributed by atoms with van der Waals surface area (Å²) in [6.07, 6.45) is 5.10. The normalized spacial score (nSPS) is 17.0. The van der Waals surface area contributed by atoms with E-state index in [9.17, 15) is 4.79 Å². The van der Waals surface area contributed by atoms with Crippen LogP contribution in [-0.2, 0) is 9.53 Å². The second kappa shape index (κ2) is 8.63. The van der Waals surface area contributed by atoms with Crippen molar-refractivity contribution in [3.8, 4) is 0 Å². The lowest BCUT2D eigenvalue weighted by Gasteiger charge is -2.30. The lowest BCUT2D eigenvalue weighted by Crippen LogP contribution is -2.30. The molecule has 1 atom stereocenters. The van der Waals surface area contributed by atoms with Gasteiger partial charge < -0.3 is 15.8 Å². The third-order valence-corrected chi connectivity index (χ3v) is 4.08. The topological polar surface area (TPSA) is 64.4 Å². The van der Waals surface area contributed by atoms with Crippen molar-refractivity contribution < 1.29 is 9.53 Å². The summed E-state index contributed by atoms with van der Waals surface area (Å²) in [6, 6.07) is 0. The molecular weight excluding hydrogens is 252 g/mol. The zero-order valence-electron chi connectivity index (χ0n) is 13.4. The van der Waals surface area contributed by atoms with Crippen molar-refractivity contribution in [2.24, 2.45) is 23.0 Å². The van der Waals surface area contributed by atoms with Gasteiger partial charge in [-0.05, 0) is 49.5 Å². The van der Waals surface area contributed by atoms with Crippen LogP contribution in [-0.4, -0.2) is 32.2 Å². The highest BCUT2D eigenvalue weighted by Gasteiger charge is 2.24. The predicted octanol–water partition coefficient (Wildman–Crippen LogP) is 2.32. The van der Waals surface area contributed by atoms with E-state index in [2.05, 4.69) is 26.1 Å². The van der Waals surface area contributed by atoms with Gasteiger partial charge in [-0.2, -0.15) is 0 Å². The molecule has 20 heavy (non-hydrogen) atoms. The van der Waals surface area contributed by atoms with Crippen molar-refractivity contribution in [1.29, 1.82) is 0 Å². The smallest absolute Gasteiger partial charge is 0.220 e. The minimum absolute atomic E-state index is 0.131. The van der Waals surface area contributed by atoms with Crippen LogP contribution in [0.2, 0.25) is 0 Å². The monoisotopic (exact) mass is 284 g/mol. The van der Waals surface area contributed by atoms with Gasteiger partial charge in [0.25, 0.3) is 0 Å². The molecule has 3 N–H and O–H groups in total. The van der Waals surface area contributed by atoms with Gasteiger partial charge >= 0.3 is 0 Å². The van der Waals surface area contributed by atoms with E-state index in [-0.39, 0.29) is 11.3 Å². The number of nitrogens with two attached hydrogens (primary N) is 1. The summed E-state index contributed by atoms with van der Waals surface area (Å²) in [6.45, 7) is 9.47. The molecule has 0 saturated heterocycles. The Hall–Kier alpha value is -0.610. The van der Waals surface area contributed by atoms with Crippen molar-refractivity contribution in [1.82, 2.24) is 5.32 Å². The second-order valence-corrected chi connectivity index (χ2v) is 7.05. The minimum atomic E-state index is 0.131. The van der Waals surface area contributed by atoms with Crippen molar-refractivity contribution in [2.75, 3.05) is 26.3 Å². The molecule has 1 unspecified atom stereocenters. The van der Waals surface area contributed by atoms with Crippen LogP contribution < -0.4 is 11.1 Å². The van der Waals surface area contributed by atoms with Crippen molar-refractivity contribution in [2.45, 2.75) is 52.9 Å². The Morgan fingerprint density at radius 1 is 1.35 bits per heavy atom. The van der Waals surface area contributed by atoms with Gasteiger partial charge in [-0.25, -0.2) is 0 Å². The molecule has 1 aliphatic carbocycles. The molecule has 1 fully saturated rings. The Balaban J connectivity index is 2.07. The third-order valence-electron chi connectivity index (χ3n) is 4.08. The van der Waals surface area contributed by atoms with Gasteiger partial charge in [-0.15, -0.1) is 0 Å². The molecular formula is C16H32N2O2. The van der Waals surface area contributed by atoms with Crippen LogP contribution in [0.3, 0.4) is 0 Å². The van der Waals surface area contributed by atoms with Gasteiger partial charge in [0.05, 0.1) is 6.61 Å². The highest BCUT2D eigenvalue weighted by Crippen LogP contribution is 2.32. The first kappa shape index (κ1) is 17.4. The molecule has 4 nitrogen and oxygen atoms in total. The minimum Gasteiger partial charge on any atom is -0.379 e. The Bertz CT molecular complexity index is 283. The predicted molar refractivity (Wildman–Crippen MR) is 82.4 cm³/mol. The molecule has 0 heterocycles. The Labute approximate surface area is 123 Å². The van der Waals surface area contributed by atoms with E-state index < -0.39 is 0 Å². The van der Waals surface area contributed by atoms with Crippen LogP contribution in [0.25, 0.3) is 0 Å². The highest BCUT2D eigenvalue weighted by molar-refractivity contribution is 5.75. The van der Waals surface area contributed by atoms with Crippen LogP contribution in [0.5, 0.6) is 0 Å². The number of ether oxygens (including phenoxy) is 1. The van der Waals surface area contributed by atoms with Gasteiger partial charge in [-0.3, -0.25) is 4.79 Å². The zero-order valence-corrected chi connectivity index (χ0v) is 13.4. The van der Waals surface area contributed by atoms with E-state index in [4.69, 9.17) is 10.5 Å². The molecule has 1 saturated carbocycles. The number of hydrogen-bond acceptors (Lipinski definition) is 3. The number of amides is 1. The SMILES string of the molecule is CC(C)(C)C(CCN)CCC(=O)NCCOCC1CC1. The van der Waals surface area contributed by atoms with Gasteiger partial charge in [0, 0.05) is 19.6 Å². The van der Waals surface area contributed by atoms with Gasteiger partial charge in [0.15, 0.2) is 0 Å². The van der Waals surface area contributed by atoms with E-state index >= 15 is 0 Å². The van der Waals surface area contributed by atoms with Crippen LogP contribution in [0, 0.1) is 17.3 Å². The van der Waals surface area contributed by atoms with Crippen LogP contribution in [0.4, 0.5) is 0 Å². The maximum Gasteiger partial charge on any atom is 0.220 e. The summed E-state index contributed by atoms with van der Waals surface area (Å²) in [5, 5.41) is 2.93. The Morgan fingerprint density at radius 3 is 2.60 bits per heavy atom. The Morgan fingerprint density at radius 2 is 2.05 bits per heavy atom. The van der Waals surface area contributed by atoms with E-state index in [0.717, 1.165) is 25.4 Å². The quantitative estimate of drug-likeness (QED) is 0.605. The van der Waals surface area contributed by atoms with Crippen LogP contribution in [0.1, 0.15) is 52.9 Å². The summed E-state index contributed by atoms with van der Waals surface area (Å²) >= 11 is 0. The molecule has 0 bridgehead atoms. The summed E-state index contributed by atoms with van der Waals surface area (Å²) < 4.78 is 5.50. The lowest BCUT2D eigenvalue weighted by atomic mass is 9.76. The molecule has 0 aliphatic heterocycles. The first-order valence-electron chi connectivity index (χ1n) is 7.98. The number of carbonyl (C=O) groups excluding carboxylic acids is 1. The summed E-state index contributed by atoms with van der Waals surface area (Å²) in [4.78, 5) is 11.8. The fourth-order valence-electron chi connectivity index (χ4n) is 2.40. The van der Waals surface area contributed by atoms with Crippen molar-refractivity contribution >= 4 is 5.91 Å². The van der Waals surface area contributed by atoms with E-state index in [0.29, 0.717) is 32.0 Å². The standard InChI is InChI=1S/C16H32N2O2/c1-16(2,3)14(8-9-17)6-7-15(19)18-10-11-20-12-13-4-5-13/h13-14H,4-12,17H2,1-3H3,(H,18,19). The Kier molecular flexibility index (Phi) is 7.52. The van der Waals surface area contributed by atoms with Crippen LogP contribution >= 0.6 is 0 Å². The first-order chi connectivity index (χ1) is 9.43. The molecule has 1 aliphatic rings. The number of rotatable bonds is 10. The van der Waals surface area contributed by atoms with Crippen LogP contribution in [0.15, 0.2) is 0 Å². The second-order valence-electron chi connectivity index (χ2n) is 7.05. The lowest BCUT2D eigenvalue weighted by molar-refractivity contribution is -0.121. The molecule has 118 valence electrons. The number of carbonyl (C=O) groups is 1. The zero-order chi connectivity index (χ0) is 15.0. The fourth-order valence-corrected chi connectivity index (χ4v) is 2.40. The summed E-state index contributed by atoms with van der Waals surface area (Å²) in [5.74, 6) is 1.42. The third kappa shape index (κ3) is 7.85. The van der Waals surface area contributed by atoms with E-state index in [1.807, 2.05) is 0 Å². The molecule has 0 aromatic heterocycles. The molecule has 1 rings (SSSR count). The molecule has 0 spiro atoms. The summed E-state index contributed by atoms with van der Waals surface area (Å²) in [5.41, 5.74) is 5.87. The van der Waals surface area contributed by atoms with Gasteiger partial charge in [-0.1, -0.05) is 20.8 Å². The maximum atomic E-state index is 11.8. The molecule has 0 aromatic carbocycles. The highest BCUT2D eigenvalue weighted by atomic mass is 16.5. The molecule has 0 aromatic rings. The van der Waals surface area contributed by atoms with E-state index in [1.54, 1.807) is 0 Å². The average Bonchev–Trinajstić information content (AvgIpc) is 3.16. The summed E-state index contributed by atoms with van der Waals surface area (Å²) in [7, 11) is 0. The van der Waals surface area contributed by atoms with Gasteiger partial charge in [0.1, 0.15) is 0 Å². The molecule has 1 amide bonds. The number of hydrogen-bond donors (Lipinski definition) is 2. The first-order valence-corrected chi connectivity index (χ1v) is 7.98. The molecule has 4 heteroatoms. The van der Waals surface area contributed by atoms with Gasteiger partial charge in [0.2, 0.25) is 5.91 Å². The number of nitrogens with one attached hydrogen (secondary N) is 1.